The molecule has 2 rings (SSSR count). The van der Waals surface area contributed by atoms with Gasteiger partial charge in [-0.3, -0.25) is 0 Å². The largest absolute Gasteiger partial charge is 0.493 e. The molecule has 1 fully saturated rings. The van der Waals surface area contributed by atoms with Gasteiger partial charge in [0, 0.05) is 17.8 Å². The van der Waals surface area contributed by atoms with Crippen molar-refractivity contribution in [3.63, 3.8) is 0 Å². The van der Waals surface area contributed by atoms with Crippen molar-refractivity contribution in [3.8, 4) is 11.5 Å². The Kier molecular flexibility index (Phi) is 4.56. The molecule has 1 aliphatic rings. The molecule has 1 aromatic carbocycles. The number of rotatable bonds is 4. The number of ether oxygens (including phenoxy) is 2. The molecular weight excluding hydrogens is 238 g/mol. The lowest BCUT2D eigenvalue weighted by Crippen LogP contribution is -2.32. The van der Waals surface area contributed by atoms with Crippen molar-refractivity contribution in [1.82, 2.24) is 0 Å². The second kappa shape index (κ2) is 6.18. The highest BCUT2D eigenvalue weighted by atomic mass is 16.5. The summed E-state index contributed by atoms with van der Waals surface area (Å²) in [6.07, 6.45) is 3.87. The van der Waals surface area contributed by atoms with Gasteiger partial charge < -0.3 is 14.8 Å². The van der Waals surface area contributed by atoms with Gasteiger partial charge in [-0.15, -0.1) is 0 Å². The second-order valence-corrected chi connectivity index (χ2v) is 5.72. The standard InChI is InChI=1S/C16H25NO2/c1-11-5-7-14(12(2)9-11)17-13-6-8-15(18-3)16(10-13)19-4/h6,8,10-12,14,17H,5,7,9H2,1-4H3. The predicted molar refractivity (Wildman–Crippen MR) is 79.1 cm³/mol. The zero-order valence-electron chi connectivity index (χ0n) is 12.4. The SMILES string of the molecule is COc1ccc(NC2CCC(C)CC2C)cc1OC. The van der Waals surface area contributed by atoms with Crippen LogP contribution in [0.15, 0.2) is 18.2 Å². The molecule has 0 amide bonds. The third-order valence-electron chi connectivity index (χ3n) is 4.17. The number of hydrogen-bond acceptors (Lipinski definition) is 3. The summed E-state index contributed by atoms with van der Waals surface area (Å²) in [5.74, 6) is 3.14. The quantitative estimate of drug-likeness (QED) is 0.892. The van der Waals surface area contributed by atoms with Gasteiger partial charge in [0.1, 0.15) is 0 Å². The topological polar surface area (TPSA) is 30.5 Å². The van der Waals surface area contributed by atoms with Gasteiger partial charge in [0.05, 0.1) is 14.2 Å². The maximum absolute atomic E-state index is 5.34. The molecule has 3 unspecified atom stereocenters. The molecule has 0 radical (unpaired) electrons. The molecule has 0 aliphatic heterocycles. The third kappa shape index (κ3) is 3.34. The molecule has 0 saturated heterocycles. The fourth-order valence-corrected chi connectivity index (χ4v) is 3.02. The first-order valence-electron chi connectivity index (χ1n) is 7.12. The highest BCUT2D eigenvalue weighted by Gasteiger charge is 2.25. The summed E-state index contributed by atoms with van der Waals surface area (Å²) in [5.41, 5.74) is 1.11. The molecule has 0 aromatic heterocycles. The van der Waals surface area contributed by atoms with Crippen LogP contribution in [0.2, 0.25) is 0 Å². The molecule has 0 spiro atoms. The summed E-state index contributed by atoms with van der Waals surface area (Å²) in [5, 5.41) is 3.64. The van der Waals surface area contributed by atoms with E-state index in [4.69, 9.17) is 9.47 Å². The van der Waals surface area contributed by atoms with Gasteiger partial charge in [-0.1, -0.05) is 13.8 Å². The Labute approximate surface area is 116 Å². The van der Waals surface area contributed by atoms with Crippen molar-refractivity contribution in [2.24, 2.45) is 11.8 Å². The van der Waals surface area contributed by atoms with Crippen LogP contribution in [0.1, 0.15) is 33.1 Å². The van der Waals surface area contributed by atoms with Gasteiger partial charge in [-0.25, -0.2) is 0 Å². The van der Waals surface area contributed by atoms with Gasteiger partial charge in [-0.05, 0) is 43.2 Å². The maximum Gasteiger partial charge on any atom is 0.162 e. The number of hydrogen-bond donors (Lipinski definition) is 1. The molecule has 106 valence electrons. The molecule has 3 atom stereocenters. The van der Waals surface area contributed by atoms with Crippen LogP contribution in [0.3, 0.4) is 0 Å². The Morgan fingerprint density at radius 1 is 1.05 bits per heavy atom. The minimum Gasteiger partial charge on any atom is -0.493 e. The number of anilines is 1. The summed E-state index contributed by atoms with van der Waals surface area (Å²) in [7, 11) is 3.34. The average molecular weight is 263 g/mol. The van der Waals surface area contributed by atoms with Crippen molar-refractivity contribution < 1.29 is 9.47 Å². The van der Waals surface area contributed by atoms with Crippen LogP contribution in [-0.4, -0.2) is 20.3 Å². The lowest BCUT2D eigenvalue weighted by atomic mass is 9.80. The highest BCUT2D eigenvalue weighted by Crippen LogP contribution is 2.34. The van der Waals surface area contributed by atoms with Crippen LogP contribution in [0.25, 0.3) is 0 Å². The fraction of sp³-hybridized carbons (Fsp3) is 0.625. The normalized spacial score (nSPS) is 26.8. The monoisotopic (exact) mass is 263 g/mol. The van der Waals surface area contributed by atoms with E-state index in [-0.39, 0.29) is 0 Å². The predicted octanol–water partition coefficient (Wildman–Crippen LogP) is 3.94. The number of methoxy groups -OCH3 is 2. The summed E-state index contributed by atoms with van der Waals surface area (Å²) in [6.45, 7) is 4.69. The summed E-state index contributed by atoms with van der Waals surface area (Å²) in [6, 6.07) is 6.60. The Bertz CT molecular complexity index is 419. The molecule has 3 heteroatoms. The summed E-state index contributed by atoms with van der Waals surface area (Å²) >= 11 is 0. The van der Waals surface area contributed by atoms with E-state index in [1.54, 1.807) is 14.2 Å². The molecule has 0 bridgehead atoms. The zero-order chi connectivity index (χ0) is 13.8. The van der Waals surface area contributed by atoms with E-state index in [0.29, 0.717) is 6.04 Å². The van der Waals surface area contributed by atoms with Crippen molar-refractivity contribution in [1.29, 1.82) is 0 Å². The molecular formula is C16H25NO2. The van der Waals surface area contributed by atoms with Crippen LogP contribution in [0.4, 0.5) is 5.69 Å². The van der Waals surface area contributed by atoms with Crippen LogP contribution in [0.5, 0.6) is 11.5 Å². The van der Waals surface area contributed by atoms with E-state index < -0.39 is 0 Å². The fourth-order valence-electron chi connectivity index (χ4n) is 3.02. The van der Waals surface area contributed by atoms with E-state index in [9.17, 15) is 0 Å². The molecule has 0 heterocycles. The van der Waals surface area contributed by atoms with Gasteiger partial charge >= 0.3 is 0 Å². The number of benzene rings is 1. The second-order valence-electron chi connectivity index (χ2n) is 5.72. The zero-order valence-corrected chi connectivity index (χ0v) is 12.4. The summed E-state index contributed by atoms with van der Waals surface area (Å²) < 4.78 is 10.6. The van der Waals surface area contributed by atoms with E-state index in [1.807, 2.05) is 12.1 Å². The molecule has 19 heavy (non-hydrogen) atoms. The molecule has 3 nitrogen and oxygen atoms in total. The third-order valence-corrected chi connectivity index (χ3v) is 4.17. The van der Waals surface area contributed by atoms with Gasteiger partial charge in [0.2, 0.25) is 0 Å². The van der Waals surface area contributed by atoms with E-state index in [0.717, 1.165) is 29.0 Å². The van der Waals surface area contributed by atoms with Crippen LogP contribution in [0, 0.1) is 11.8 Å². The first-order chi connectivity index (χ1) is 9.13. The van der Waals surface area contributed by atoms with E-state index >= 15 is 0 Å². The Hall–Kier alpha value is -1.38. The highest BCUT2D eigenvalue weighted by molar-refractivity contribution is 5.55. The Morgan fingerprint density at radius 3 is 2.42 bits per heavy atom. The molecule has 1 aromatic rings. The maximum atomic E-state index is 5.34. The van der Waals surface area contributed by atoms with Gasteiger partial charge in [-0.2, -0.15) is 0 Å². The van der Waals surface area contributed by atoms with Crippen molar-refractivity contribution in [3.05, 3.63) is 18.2 Å². The smallest absolute Gasteiger partial charge is 0.162 e. The summed E-state index contributed by atoms with van der Waals surface area (Å²) in [4.78, 5) is 0. The Morgan fingerprint density at radius 2 is 1.79 bits per heavy atom. The average Bonchev–Trinajstić information content (AvgIpc) is 2.41. The first-order valence-corrected chi connectivity index (χ1v) is 7.12. The van der Waals surface area contributed by atoms with Crippen molar-refractivity contribution >= 4 is 5.69 Å². The Balaban J connectivity index is 2.06. The first kappa shape index (κ1) is 14.0. The molecule has 1 saturated carbocycles. The van der Waals surface area contributed by atoms with E-state index in [2.05, 4.69) is 25.2 Å². The van der Waals surface area contributed by atoms with Crippen molar-refractivity contribution in [2.45, 2.75) is 39.2 Å². The minimum absolute atomic E-state index is 0.564. The molecule has 1 aliphatic carbocycles. The van der Waals surface area contributed by atoms with Crippen LogP contribution >= 0.6 is 0 Å². The van der Waals surface area contributed by atoms with Crippen LogP contribution < -0.4 is 14.8 Å². The van der Waals surface area contributed by atoms with Gasteiger partial charge in [0.25, 0.3) is 0 Å². The lowest BCUT2D eigenvalue weighted by Gasteiger charge is -2.34. The molecule has 1 N–H and O–H groups in total. The lowest BCUT2D eigenvalue weighted by molar-refractivity contribution is 0.276. The van der Waals surface area contributed by atoms with Crippen LogP contribution in [-0.2, 0) is 0 Å². The minimum atomic E-state index is 0.564. The van der Waals surface area contributed by atoms with Crippen molar-refractivity contribution in [2.75, 3.05) is 19.5 Å². The number of nitrogens with one attached hydrogen (secondary N) is 1. The van der Waals surface area contributed by atoms with Gasteiger partial charge in [0.15, 0.2) is 11.5 Å². The van der Waals surface area contributed by atoms with E-state index in [1.165, 1.54) is 19.3 Å².